The molecule has 2 saturated heterocycles. The van der Waals surface area contributed by atoms with Crippen molar-refractivity contribution in [2.45, 2.75) is 51.0 Å². The molecule has 0 unspecified atom stereocenters. The molecule has 3 heterocycles. The first-order valence-corrected chi connectivity index (χ1v) is 11.2. The van der Waals surface area contributed by atoms with Gasteiger partial charge in [-0.2, -0.15) is 0 Å². The Hall–Kier alpha value is -1.91. The van der Waals surface area contributed by atoms with Gasteiger partial charge in [0.1, 0.15) is 0 Å². The van der Waals surface area contributed by atoms with Gasteiger partial charge in [-0.3, -0.25) is 14.7 Å². The topological polar surface area (TPSA) is 36.4 Å². The Morgan fingerprint density at radius 3 is 2.62 bits per heavy atom. The van der Waals surface area contributed by atoms with Crippen LogP contribution in [0.3, 0.4) is 0 Å². The van der Waals surface area contributed by atoms with Crippen molar-refractivity contribution in [3.8, 4) is 0 Å². The second-order valence-corrected chi connectivity index (χ2v) is 8.80. The summed E-state index contributed by atoms with van der Waals surface area (Å²) < 4.78 is 0. The highest BCUT2D eigenvalue weighted by molar-refractivity contribution is 6.31. The molecule has 2 aromatic rings. The minimum Gasteiger partial charge on any atom is -0.343 e. The SMILES string of the molecule is CC(=O)N1CCC(N2CCC[C@@H](c3cccc(Cc4ccccc4Cl)n3)C2)CC1. The number of amides is 1. The third kappa shape index (κ3) is 4.99. The van der Waals surface area contributed by atoms with Crippen LogP contribution in [-0.2, 0) is 11.2 Å². The molecule has 1 aromatic carbocycles. The molecule has 4 rings (SSSR count). The van der Waals surface area contributed by atoms with Crippen molar-refractivity contribution in [2.24, 2.45) is 0 Å². The summed E-state index contributed by atoms with van der Waals surface area (Å²) in [5.41, 5.74) is 3.42. The number of likely N-dealkylation sites (tertiary alicyclic amines) is 2. The number of rotatable bonds is 4. The fourth-order valence-corrected chi connectivity index (χ4v) is 4.99. The van der Waals surface area contributed by atoms with Crippen LogP contribution in [0, 0.1) is 0 Å². The first-order chi connectivity index (χ1) is 14.1. The number of piperidine rings is 2. The van der Waals surface area contributed by atoms with Gasteiger partial charge in [-0.25, -0.2) is 0 Å². The van der Waals surface area contributed by atoms with Crippen LogP contribution in [-0.4, -0.2) is 52.9 Å². The Kier molecular flexibility index (Phi) is 6.51. The first-order valence-electron chi connectivity index (χ1n) is 10.8. The van der Waals surface area contributed by atoms with Crippen molar-refractivity contribution < 1.29 is 4.79 Å². The van der Waals surface area contributed by atoms with Crippen molar-refractivity contribution in [1.29, 1.82) is 0 Å². The van der Waals surface area contributed by atoms with Crippen LogP contribution in [0.25, 0.3) is 0 Å². The van der Waals surface area contributed by atoms with Gasteiger partial charge < -0.3 is 4.90 Å². The average Bonchev–Trinajstić information content (AvgIpc) is 2.76. The smallest absolute Gasteiger partial charge is 0.219 e. The third-order valence-electron chi connectivity index (χ3n) is 6.46. The molecular weight excluding hydrogens is 382 g/mol. The monoisotopic (exact) mass is 411 g/mol. The number of hydrogen-bond acceptors (Lipinski definition) is 3. The normalized spacial score (nSPS) is 21.3. The fraction of sp³-hybridized carbons (Fsp3) is 0.500. The summed E-state index contributed by atoms with van der Waals surface area (Å²) in [6.07, 6.45) is 5.37. The molecule has 0 bridgehead atoms. The second kappa shape index (κ2) is 9.27. The summed E-state index contributed by atoms with van der Waals surface area (Å²) in [6, 6.07) is 15.0. The van der Waals surface area contributed by atoms with E-state index < -0.39 is 0 Å². The molecule has 1 atom stereocenters. The van der Waals surface area contributed by atoms with E-state index in [0.717, 1.165) is 55.2 Å². The Labute approximate surface area is 178 Å². The molecule has 154 valence electrons. The lowest BCUT2D eigenvalue weighted by atomic mass is 9.91. The van der Waals surface area contributed by atoms with Gasteiger partial charge in [0.15, 0.2) is 0 Å². The van der Waals surface area contributed by atoms with Crippen molar-refractivity contribution in [3.05, 3.63) is 64.4 Å². The highest BCUT2D eigenvalue weighted by Gasteiger charge is 2.30. The summed E-state index contributed by atoms with van der Waals surface area (Å²) in [5, 5.41) is 0.806. The van der Waals surface area contributed by atoms with E-state index in [2.05, 4.69) is 29.2 Å². The quantitative estimate of drug-likeness (QED) is 0.742. The largest absolute Gasteiger partial charge is 0.343 e. The molecule has 2 fully saturated rings. The molecule has 1 amide bonds. The molecule has 1 aromatic heterocycles. The van der Waals surface area contributed by atoms with Crippen molar-refractivity contribution in [1.82, 2.24) is 14.8 Å². The number of aromatic nitrogens is 1. The Morgan fingerprint density at radius 2 is 1.86 bits per heavy atom. The molecule has 4 nitrogen and oxygen atoms in total. The number of carbonyl (C=O) groups excluding carboxylic acids is 1. The van der Waals surface area contributed by atoms with Crippen molar-refractivity contribution in [3.63, 3.8) is 0 Å². The standard InChI is InChI=1S/C24H30ClN3O/c1-18(29)27-14-11-22(12-15-27)28-13-5-7-20(17-28)24-10-4-8-21(26-24)16-19-6-2-3-9-23(19)25/h2-4,6,8-10,20,22H,5,7,11-17H2,1H3/t20-/m1/s1. The minimum absolute atomic E-state index is 0.208. The van der Waals surface area contributed by atoms with Gasteiger partial charge in [0.2, 0.25) is 5.91 Å². The summed E-state index contributed by atoms with van der Waals surface area (Å²) in [4.78, 5) is 21.2. The van der Waals surface area contributed by atoms with E-state index >= 15 is 0 Å². The number of halogens is 1. The molecule has 0 N–H and O–H groups in total. The average molecular weight is 412 g/mol. The molecule has 2 aliphatic heterocycles. The number of hydrogen-bond donors (Lipinski definition) is 0. The van der Waals surface area contributed by atoms with Gasteiger partial charge >= 0.3 is 0 Å². The van der Waals surface area contributed by atoms with Crippen LogP contribution in [0.4, 0.5) is 0 Å². The maximum absolute atomic E-state index is 11.6. The zero-order valence-corrected chi connectivity index (χ0v) is 17.9. The number of carbonyl (C=O) groups is 1. The van der Waals surface area contributed by atoms with E-state index in [1.54, 1.807) is 6.92 Å². The van der Waals surface area contributed by atoms with Gasteiger partial charge in [0.25, 0.3) is 0 Å². The van der Waals surface area contributed by atoms with Crippen LogP contribution in [0.2, 0.25) is 5.02 Å². The fourth-order valence-electron chi connectivity index (χ4n) is 4.79. The number of benzene rings is 1. The predicted octanol–water partition coefficient (Wildman–Crippen LogP) is 4.52. The van der Waals surface area contributed by atoms with Crippen LogP contribution in [0.5, 0.6) is 0 Å². The molecule has 29 heavy (non-hydrogen) atoms. The van der Waals surface area contributed by atoms with E-state index in [9.17, 15) is 4.79 Å². The summed E-state index contributed by atoms with van der Waals surface area (Å²) in [6.45, 7) is 5.71. The van der Waals surface area contributed by atoms with Gasteiger partial charge in [-0.1, -0.05) is 35.9 Å². The lowest BCUT2D eigenvalue weighted by molar-refractivity contribution is -0.130. The molecule has 0 radical (unpaired) electrons. The predicted molar refractivity (Wildman–Crippen MR) is 117 cm³/mol. The first kappa shape index (κ1) is 20.4. The van der Waals surface area contributed by atoms with Crippen LogP contribution >= 0.6 is 11.6 Å². The zero-order valence-electron chi connectivity index (χ0n) is 17.2. The lowest BCUT2D eigenvalue weighted by Gasteiger charge is -2.42. The summed E-state index contributed by atoms with van der Waals surface area (Å²) >= 11 is 6.34. The van der Waals surface area contributed by atoms with Crippen LogP contribution in [0.15, 0.2) is 42.5 Å². The second-order valence-electron chi connectivity index (χ2n) is 8.39. The van der Waals surface area contributed by atoms with E-state index in [4.69, 9.17) is 16.6 Å². The van der Waals surface area contributed by atoms with Gasteiger partial charge in [-0.15, -0.1) is 0 Å². The molecule has 0 aliphatic carbocycles. The molecular formula is C24H30ClN3O. The van der Waals surface area contributed by atoms with Crippen molar-refractivity contribution in [2.75, 3.05) is 26.2 Å². The number of pyridine rings is 1. The van der Waals surface area contributed by atoms with Crippen LogP contribution < -0.4 is 0 Å². The zero-order chi connectivity index (χ0) is 20.2. The minimum atomic E-state index is 0.208. The van der Waals surface area contributed by atoms with Gasteiger partial charge in [0.05, 0.1) is 0 Å². The maximum atomic E-state index is 11.6. The molecule has 0 saturated carbocycles. The molecule has 0 spiro atoms. The maximum Gasteiger partial charge on any atom is 0.219 e. The Balaban J connectivity index is 1.41. The molecule has 2 aliphatic rings. The summed E-state index contributed by atoms with van der Waals surface area (Å²) in [5.74, 6) is 0.695. The lowest BCUT2D eigenvalue weighted by Crippen LogP contribution is -2.49. The summed E-state index contributed by atoms with van der Waals surface area (Å²) in [7, 11) is 0. The van der Waals surface area contributed by atoms with Crippen molar-refractivity contribution >= 4 is 17.5 Å². The van der Waals surface area contributed by atoms with E-state index in [-0.39, 0.29) is 5.91 Å². The van der Waals surface area contributed by atoms with E-state index in [0.29, 0.717) is 12.0 Å². The third-order valence-corrected chi connectivity index (χ3v) is 6.82. The Bertz CT molecular complexity index is 848. The highest BCUT2D eigenvalue weighted by atomic mass is 35.5. The Morgan fingerprint density at radius 1 is 1.07 bits per heavy atom. The number of nitrogens with zero attached hydrogens (tertiary/aromatic N) is 3. The van der Waals surface area contributed by atoms with Gasteiger partial charge in [0, 0.05) is 61.3 Å². The highest BCUT2D eigenvalue weighted by Crippen LogP contribution is 2.30. The van der Waals surface area contributed by atoms with Gasteiger partial charge in [-0.05, 0) is 56.0 Å². The van der Waals surface area contributed by atoms with Crippen LogP contribution in [0.1, 0.15) is 55.5 Å². The van der Waals surface area contributed by atoms with E-state index in [1.165, 1.54) is 25.1 Å². The van der Waals surface area contributed by atoms with E-state index in [1.807, 2.05) is 23.1 Å². The molecule has 5 heteroatoms.